The van der Waals surface area contributed by atoms with E-state index in [9.17, 15) is 9.59 Å². The van der Waals surface area contributed by atoms with Gasteiger partial charge >= 0.3 is 0 Å². The Bertz CT molecular complexity index is 773. The van der Waals surface area contributed by atoms with Crippen LogP contribution in [0.3, 0.4) is 0 Å². The molecule has 0 spiro atoms. The molecule has 5 heteroatoms. The maximum absolute atomic E-state index is 12.2. The summed E-state index contributed by atoms with van der Waals surface area (Å²) in [6.07, 6.45) is 2.06. The van der Waals surface area contributed by atoms with Crippen LogP contribution in [0.4, 0.5) is 0 Å². The number of carbonyl (C=O) groups excluding carboxylic acids is 2. The monoisotopic (exact) mass is 369 g/mol. The highest BCUT2D eigenvalue weighted by Gasteiger charge is 2.21. The summed E-state index contributed by atoms with van der Waals surface area (Å²) in [7, 11) is 0. The molecule has 0 saturated heterocycles. The summed E-state index contributed by atoms with van der Waals surface area (Å²) in [6.45, 7) is 2.02. The van der Waals surface area contributed by atoms with Crippen LogP contribution < -0.4 is 10.1 Å². The first-order valence-corrected chi connectivity index (χ1v) is 9.87. The summed E-state index contributed by atoms with van der Waals surface area (Å²) < 4.78 is 5.64. The molecule has 0 unspecified atom stereocenters. The van der Waals surface area contributed by atoms with Crippen molar-refractivity contribution in [2.24, 2.45) is 0 Å². The molecule has 1 N–H and O–H groups in total. The molecule has 0 aliphatic carbocycles. The van der Waals surface area contributed by atoms with Crippen LogP contribution in [0, 0.1) is 0 Å². The number of ether oxygens (including phenoxy) is 1. The Morgan fingerprint density at radius 1 is 1.15 bits per heavy atom. The van der Waals surface area contributed by atoms with E-state index in [-0.39, 0.29) is 17.7 Å². The van der Waals surface area contributed by atoms with Crippen LogP contribution in [-0.4, -0.2) is 24.1 Å². The fraction of sp³-hybridized carbons (Fsp3) is 0.333. The van der Waals surface area contributed by atoms with Crippen LogP contribution in [0.1, 0.15) is 48.1 Å². The van der Waals surface area contributed by atoms with Gasteiger partial charge in [0.05, 0.1) is 12.6 Å². The third-order valence-corrected chi connectivity index (χ3v) is 5.49. The molecule has 2 aromatic carbocycles. The number of hydrogen-bond acceptors (Lipinski definition) is 4. The van der Waals surface area contributed by atoms with Crippen LogP contribution >= 0.6 is 11.8 Å². The number of nitrogens with one attached hydrogen (secondary N) is 1. The fourth-order valence-corrected chi connectivity index (χ4v) is 4.09. The van der Waals surface area contributed by atoms with Crippen molar-refractivity contribution < 1.29 is 14.3 Å². The number of thioether (sulfide) groups is 1. The van der Waals surface area contributed by atoms with E-state index in [1.165, 1.54) is 17.4 Å². The van der Waals surface area contributed by atoms with Gasteiger partial charge in [0.15, 0.2) is 5.78 Å². The van der Waals surface area contributed by atoms with E-state index in [1.807, 2.05) is 23.9 Å². The van der Waals surface area contributed by atoms with Gasteiger partial charge in [-0.1, -0.05) is 18.2 Å². The van der Waals surface area contributed by atoms with Gasteiger partial charge < -0.3 is 10.1 Å². The van der Waals surface area contributed by atoms with E-state index in [2.05, 4.69) is 17.4 Å². The summed E-state index contributed by atoms with van der Waals surface area (Å²) in [6, 6.07) is 15.5. The second-order valence-electron chi connectivity index (χ2n) is 6.33. The molecular weight excluding hydrogens is 346 g/mol. The highest BCUT2D eigenvalue weighted by molar-refractivity contribution is 7.99. The molecule has 0 saturated carbocycles. The highest BCUT2D eigenvalue weighted by atomic mass is 32.2. The first kappa shape index (κ1) is 18.5. The Balaban J connectivity index is 1.42. The lowest BCUT2D eigenvalue weighted by atomic mass is 10.0. The molecule has 1 atom stereocenters. The number of rotatable bonds is 7. The van der Waals surface area contributed by atoms with Gasteiger partial charge in [-0.25, -0.2) is 0 Å². The maximum Gasteiger partial charge on any atom is 0.220 e. The zero-order valence-electron chi connectivity index (χ0n) is 14.9. The highest BCUT2D eigenvalue weighted by Crippen LogP contribution is 2.35. The Kier molecular flexibility index (Phi) is 6.34. The molecule has 1 aliphatic rings. The van der Waals surface area contributed by atoms with Crippen LogP contribution in [0.15, 0.2) is 53.4 Å². The molecule has 26 heavy (non-hydrogen) atoms. The van der Waals surface area contributed by atoms with Gasteiger partial charge in [0.25, 0.3) is 0 Å². The second-order valence-corrected chi connectivity index (χ2v) is 7.46. The molecule has 1 heterocycles. The molecule has 0 fully saturated rings. The number of ketones is 1. The lowest BCUT2D eigenvalue weighted by Crippen LogP contribution is -2.30. The van der Waals surface area contributed by atoms with Crippen molar-refractivity contribution in [2.45, 2.75) is 37.1 Å². The summed E-state index contributed by atoms with van der Waals surface area (Å²) >= 11 is 1.85. The molecular formula is C21H23NO3S. The normalized spacial score (nSPS) is 15.8. The largest absolute Gasteiger partial charge is 0.494 e. The van der Waals surface area contributed by atoms with Crippen molar-refractivity contribution in [3.63, 3.8) is 0 Å². The molecule has 0 bridgehead atoms. The van der Waals surface area contributed by atoms with Gasteiger partial charge in [-0.15, -0.1) is 11.8 Å². The van der Waals surface area contributed by atoms with Crippen molar-refractivity contribution in [1.29, 1.82) is 0 Å². The van der Waals surface area contributed by atoms with Gasteiger partial charge in [-0.05, 0) is 55.7 Å². The smallest absolute Gasteiger partial charge is 0.220 e. The minimum Gasteiger partial charge on any atom is -0.494 e. The number of benzene rings is 2. The summed E-state index contributed by atoms with van der Waals surface area (Å²) in [5.74, 6) is 1.85. The summed E-state index contributed by atoms with van der Waals surface area (Å²) in [4.78, 5) is 24.8. The number of carbonyl (C=O) groups is 2. The van der Waals surface area contributed by atoms with Crippen LogP contribution in [0.2, 0.25) is 0 Å². The van der Waals surface area contributed by atoms with E-state index >= 15 is 0 Å². The van der Waals surface area contributed by atoms with E-state index in [1.54, 1.807) is 24.3 Å². The van der Waals surface area contributed by atoms with Crippen molar-refractivity contribution in [3.05, 3.63) is 59.7 Å². The molecule has 0 radical (unpaired) electrons. The van der Waals surface area contributed by atoms with Crippen molar-refractivity contribution in [2.75, 3.05) is 12.4 Å². The minimum absolute atomic E-state index is 0.0379. The molecule has 2 aromatic rings. The topological polar surface area (TPSA) is 55.4 Å². The van der Waals surface area contributed by atoms with Gasteiger partial charge in [0.1, 0.15) is 5.75 Å². The summed E-state index contributed by atoms with van der Waals surface area (Å²) in [5.41, 5.74) is 1.89. The average Bonchev–Trinajstić information content (AvgIpc) is 2.66. The zero-order chi connectivity index (χ0) is 18.4. The molecule has 3 rings (SSSR count). The Labute approximate surface area is 158 Å². The minimum atomic E-state index is 0.0379. The molecule has 136 valence electrons. The maximum atomic E-state index is 12.2. The quantitative estimate of drug-likeness (QED) is 0.580. The Hall–Kier alpha value is -2.27. The van der Waals surface area contributed by atoms with E-state index < -0.39 is 0 Å². The van der Waals surface area contributed by atoms with Gasteiger partial charge in [0.2, 0.25) is 5.91 Å². The SMILES string of the molecule is CC(=O)c1ccc(OCCCC(=O)N[C@H]2CCSc3ccccc32)cc1. The lowest BCUT2D eigenvalue weighted by molar-refractivity contribution is -0.122. The number of amides is 1. The number of hydrogen-bond donors (Lipinski definition) is 1. The predicted octanol–water partition coefficient (Wildman–Crippen LogP) is 4.40. The van der Waals surface area contributed by atoms with Crippen LogP contribution in [0.25, 0.3) is 0 Å². The Morgan fingerprint density at radius 3 is 2.69 bits per heavy atom. The predicted molar refractivity (Wildman–Crippen MR) is 104 cm³/mol. The van der Waals surface area contributed by atoms with Gasteiger partial charge in [-0.2, -0.15) is 0 Å². The van der Waals surface area contributed by atoms with Gasteiger partial charge in [0, 0.05) is 22.6 Å². The van der Waals surface area contributed by atoms with E-state index in [0.29, 0.717) is 30.8 Å². The number of fused-ring (bicyclic) bond motifs is 1. The van der Waals surface area contributed by atoms with Gasteiger partial charge in [-0.3, -0.25) is 9.59 Å². The molecule has 4 nitrogen and oxygen atoms in total. The molecule has 1 amide bonds. The third-order valence-electron chi connectivity index (χ3n) is 4.37. The van der Waals surface area contributed by atoms with Crippen molar-refractivity contribution >= 4 is 23.5 Å². The van der Waals surface area contributed by atoms with Crippen molar-refractivity contribution in [3.8, 4) is 5.75 Å². The first-order chi connectivity index (χ1) is 12.6. The summed E-state index contributed by atoms with van der Waals surface area (Å²) in [5, 5.41) is 3.15. The van der Waals surface area contributed by atoms with Crippen LogP contribution in [-0.2, 0) is 4.79 Å². The molecule has 0 aromatic heterocycles. The Morgan fingerprint density at radius 2 is 1.92 bits per heavy atom. The van der Waals surface area contributed by atoms with Crippen LogP contribution in [0.5, 0.6) is 5.75 Å². The van der Waals surface area contributed by atoms with Crippen molar-refractivity contribution in [1.82, 2.24) is 5.32 Å². The lowest BCUT2D eigenvalue weighted by Gasteiger charge is -2.25. The first-order valence-electron chi connectivity index (χ1n) is 8.88. The fourth-order valence-electron chi connectivity index (χ4n) is 2.97. The second kappa shape index (κ2) is 8.90. The van der Waals surface area contributed by atoms with E-state index in [4.69, 9.17) is 4.74 Å². The third kappa shape index (κ3) is 4.88. The average molecular weight is 369 g/mol. The standard InChI is InChI=1S/C21H23NO3S/c1-15(23)16-8-10-17(11-9-16)25-13-4-7-21(24)22-19-12-14-26-20-6-3-2-5-18(19)20/h2-3,5-6,8-11,19H,4,7,12-14H2,1H3,(H,22,24)/t19-/m0/s1. The number of Topliss-reactive ketones (excluding diaryl/α,β-unsaturated/α-hetero) is 1. The van der Waals surface area contributed by atoms with E-state index in [0.717, 1.165) is 12.2 Å². The molecule has 1 aliphatic heterocycles. The zero-order valence-corrected chi connectivity index (χ0v) is 15.7.